The molecule has 0 aromatic carbocycles. The van der Waals surface area contributed by atoms with Gasteiger partial charge in [0.1, 0.15) is 0 Å². The Morgan fingerprint density at radius 2 is 2.20 bits per heavy atom. The molecule has 1 rings (SSSR count). The third-order valence-electron chi connectivity index (χ3n) is 1.39. The molecule has 0 aliphatic rings. The normalized spacial score (nSPS) is 9.20. The van der Waals surface area contributed by atoms with E-state index in [0.29, 0.717) is 6.42 Å². The van der Waals surface area contributed by atoms with E-state index in [1.54, 1.807) is 19.3 Å². The molecule has 0 N–H and O–H groups in total. The van der Waals surface area contributed by atoms with Gasteiger partial charge in [0.05, 0.1) is 5.56 Å². The SMILES string of the molecule is CC(=O)SCCC#Cc1cnc(Cl)nc1. The van der Waals surface area contributed by atoms with Crippen LogP contribution in [0.3, 0.4) is 0 Å². The number of thioether (sulfide) groups is 1. The van der Waals surface area contributed by atoms with Gasteiger partial charge in [-0.3, -0.25) is 4.79 Å². The smallest absolute Gasteiger partial charge is 0.222 e. The predicted molar refractivity (Wildman–Crippen MR) is 61.7 cm³/mol. The van der Waals surface area contributed by atoms with Crippen LogP contribution in [0.5, 0.6) is 0 Å². The molecule has 0 aliphatic carbocycles. The molecule has 0 fully saturated rings. The first kappa shape index (κ1) is 12.0. The molecule has 1 aromatic rings. The fraction of sp³-hybridized carbons (Fsp3) is 0.300. The fourth-order valence-electron chi connectivity index (χ4n) is 0.787. The van der Waals surface area contributed by atoms with Gasteiger partial charge in [-0.25, -0.2) is 9.97 Å². The van der Waals surface area contributed by atoms with Crippen molar-refractivity contribution in [2.24, 2.45) is 0 Å². The highest BCUT2D eigenvalue weighted by Gasteiger charge is 1.92. The summed E-state index contributed by atoms with van der Waals surface area (Å²) in [6, 6.07) is 0. The molecule has 3 nitrogen and oxygen atoms in total. The Kier molecular flexibility index (Phi) is 5.16. The van der Waals surface area contributed by atoms with Crippen molar-refractivity contribution in [3.8, 4) is 11.8 Å². The summed E-state index contributed by atoms with van der Waals surface area (Å²) in [5.74, 6) is 6.54. The zero-order valence-electron chi connectivity index (χ0n) is 8.16. The summed E-state index contributed by atoms with van der Waals surface area (Å²) in [6.45, 7) is 1.55. The predicted octanol–water partition coefficient (Wildman–Crippen LogP) is 2.15. The van der Waals surface area contributed by atoms with Gasteiger partial charge in [-0.1, -0.05) is 23.6 Å². The minimum absolute atomic E-state index is 0.117. The van der Waals surface area contributed by atoms with Gasteiger partial charge in [0, 0.05) is 31.5 Å². The van der Waals surface area contributed by atoms with E-state index >= 15 is 0 Å². The van der Waals surface area contributed by atoms with Crippen LogP contribution in [0, 0.1) is 11.8 Å². The number of carbonyl (C=O) groups excluding carboxylic acids is 1. The van der Waals surface area contributed by atoms with Crippen molar-refractivity contribution in [3.63, 3.8) is 0 Å². The number of halogens is 1. The molecule has 0 radical (unpaired) electrons. The molecule has 1 aromatic heterocycles. The molecule has 15 heavy (non-hydrogen) atoms. The van der Waals surface area contributed by atoms with Gasteiger partial charge in [-0.2, -0.15) is 0 Å². The summed E-state index contributed by atoms with van der Waals surface area (Å²) in [7, 11) is 0. The van der Waals surface area contributed by atoms with E-state index in [1.165, 1.54) is 11.8 Å². The van der Waals surface area contributed by atoms with E-state index in [1.807, 2.05) is 0 Å². The molecule has 1 heterocycles. The van der Waals surface area contributed by atoms with Gasteiger partial charge < -0.3 is 0 Å². The average molecular weight is 241 g/mol. The van der Waals surface area contributed by atoms with Crippen LogP contribution in [-0.4, -0.2) is 20.8 Å². The molecule has 78 valence electrons. The van der Waals surface area contributed by atoms with Crippen molar-refractivity contribution in [1.29, 1.82) is 0 Å². The van der Waals surface area contributed by atoms with Gasteiger partial charge in [-0.05, 0) is 11.6 Å². The highest BCUT2D eigenvalue weighted by Crippen LogP contribution is 2.02. The van der Waals surface area contributed by atoms with Gasteiger partial charge >= 0.3 is 0 Å². The Balaban J connectivity index is 2.38. The summed E-state index contributed by atoms with van der Waals surface area (Å²) >= 11 is 6.79. The van der Waals surface area contributed by atoms with Gasteiger partial charge in [0.25, 0.3) is 0 Å². The molecule has 5 heteroatoms. The molecule has 0 saturated heterocycles. The molecular formula is C10H9ClN2OS. The van der Waals surface area contributed by atoms with E-state index in [-0.39, 0.29) is 10.4 Å². The lowest BCUT2D eigenvalue weighted by Crippen LogP contribution is -1.85. The number of rotatable bonds is 2. The quantitative estimate of drug-likeness (QED) is 0.451. The van der Waals surface area contributed by atoms with Crippen molar-refractivity contribution in [2.75, 3.05) is 5.75 Å². The van der Waals surface area contributed by atoms with Crippen LogP contribution in [0.4, 0.5) is 0 Å². The molecule has 0 aliphatic heterocycles. The molecule has 0 spiro atoms. The van der Waals surface area contributed by atoms with E-state index in [0.717, 1.165) is 11.3 Å². The summed E-state index contributed by atoms with van der Waals surface area (Å²) < 4.78 is 0. The minimum atomic E-state index is 0.117. The average Bonchev–Trinajstić information content (AvgIpc) is 2.20. The zero-order valence-corrected chi connectivity index (χ0v) is 9.73. The Bertz CT molecular complexity index is 394. The molecule has 0 unspecified atom stereocenters. The number of carbonyl (C=O) groups is 1. The molecule has 0 bridgehead atoms. The number of hydrogen-bond acceptors (Lipinski definition) is 4. The number of aromatic nitrogens is 2. The van der Waals surface area contributed by atoms with E-state index < -0.39 is 0 Å². The lowest BCUT2D eigenvalue weighted by molar-refractivity contribution is -0.109. The summed E-state index contributed by atoms with van der Waals surface area (Å²) in [4.78, 5) is 18.2. The molecule has 0 amide bonds. The molecular weight excluding hydrogens is 232 g/mol. The second-order valence-electron chi connectivity index (χ2n) is 2.63. The summed E-state index contributed by atoms with van der Waals surface area (Å²) in [6.07, 6.45) is 3.81. The fourth-order valence-corrected chi connectivity index (χ4v) is 1.38. The zero-order chi connectivity index (χ0) is 11.1. The van der Waals surface area contributed by atoms with Crippen LogP contribution >= 0.6 is 23.4 Å². The minimum Gasteiger partial charge on any atom is -0.288 e. The highest BCUT2D eigenvalue weighted by atomic mass is 35.5. The lowest BCUT2D eigenvalue weighted by Gasteiger charge is -1.90. The van der Waals surface area contributed by atoms with Crippen LogP contribution in [-0.2, 0) is 4.79 Å². The first-order valence-corrected chi connectivity index (χ1v) is 5.64. The maximum absolute atomic E-state index is 10.6. The topological polar surface area (TPSA) is 42.9 Å². The summed E-state index contributed by atoms with van der Waals surface area (Å²) in [5, 5.41) is 0.333. The number of hydrogen-bond donors (Lipinski definition) is 0. The van der Waals surface area contributed by atoms with Crippen molar-refractivity contribution < 1.29 is 4.79 Å². The van der Waals surface area contributed by atoms with E-state index in [4.69, 9.17) is 11.6 Å². The Hall–Kier alpha value is -1.05. The first-order valence-electron chi connectivity index (χ1n) is 4.28. The number of nitrogens with zero attached hydrogens (tertiary/aromatic N) is 2. The highest BCUT2D eigenvalue weighted by molar-refractivity contribution is 8.13. The van der Waals surface area contributed by atoms with Crippen molar-refractivity contribution >= 4 is 28.5 Å². The van der Waals surface area contributed by atoms with Crippen LogP contribution < -0.4 is 0 Å². The monoisotopic (exact) mass is 240 g/mol. The van der Waals surface area contributed by atoms with Gasteiger partial charge in [0.15, 0.2) is 5.12 Å². The van der Waals surface area contributed by atoms with Crippen LogP contribution in [0.1, 0.15) is 18.9 Å². The van der Waals surface area contributed by atoms with Crippen molar-refractivity contribution in [1.82, 2.24) is 9.97 Å². The third-order valence-corrected chi connectivity index (χ3v) is 2.40. The maximum Gasteiger partial charge on any atom is 0.222 e. The largest absolute Gasteiger partial charge is 0.288 e. The Morgan fingerprint density at radius 1 is 1.53 bits per heavy atom. The Morgan fingerprint density at radius 3 is 2.80 bits per heavy atom. The second-order valence-corrected chi connectivity index (χ2v) is 4.24. The van der Waals surface area contributed by atoms with Gasteiger partial charge in [-0.15, -0.1) is 0 Å². The summed E-state index contributed by atoms with van der Waals surface area (Å²) in [5.41, 5.74) is 0.729. The van der Waals surface area contributed by atoms with Gasteiger partial charge in [0.2, 0.25) is 5.28 Å². The third kappa shape index (κ3) is 5.40. The maximum atomic E-state index is 10.6. The van der Waals surface area contributed by atoms with Crippen LogP contribution in [0.2, 0.25) is 5.28 Å². The van der Waals surface area contributed by atoms with E-state index in [2.05, 4.69) is 21.8 Å². The van der Waals surface area contributed by atoms with Crippen LogP contribution in [0.15, 0.2) is 12.4 Å². The molecule has 0 saturated carbocycles. The van der Waals surface area contributed by atoms with Crippen molar-refractivity contribution in [3.05, 3.63) is 23.2 Å². The van der Waals surface area contributed by atoms with Crippen LogP contribution in [0.25, 0.3) is 0 Å². The standard InChI is InChI=1S/C10H9ClN2OS/c1-8(14)15-5-3-2-4-9-6-12-10(11)13-7-9/h6-7H,3,5H2,1H3. The van der Waals surface area contributed by atoms with Crippen molar-refractivity contribution in [2.45, 2.75) is 13.3 Å². The Labute approximate surface area is 97.6 Å². The second kappa shape index (κ2) is 6.44. The first-order chi connectivity index (χ1) is 7.18. The molecule has 0 atom stereocenters. The lowest BCUT2D eigenvalue weighted by atomic mass is 10.3. The van der Waals surface area contributed by atoms with E-state index in [9.17, 15) is 4.79 Å².